The number of rotatable bonds is 10. The van der Waals surface area contributed by atoms with E-state index in [0.29, 0.717) is 5.92 Å². The second kappa shape index (κ2) is 10.4. The van der Waals surface area contributed by atoms with Crippen molar-refractivity contribution in [3.8, 4) is 0 Å². The summed E-state index contributed by atoms with van der Waals surface area (Å²) in [6, 6.07) is 0.179. The molecule has 0 heterocycles. The van der Waals surface area contributed by atoms with Gasteiger partial charge in [-0.2, -0.15) is 0 Å². The first-order valence-electron chi connectivity index (χ1n) is 7.58. The fourth-order valence-corrected chi connectivity index (χ4v) is 1.85. The lowest BCUT2D eigenvalue weighted by atomic mass is 9.99. The largest absolute Gasteiger partial charge is 0.352 e. The Labute approximate surface area is 113 Å². The standard InChI is InChI=1S/C15H32N2O/c1-6-9-10-14(8-3)11-16-13(5)15(18)17-12(4)7-2/h12-14,16H,6-11H2,1-5H3,(H,17,18). The Bertz CT molecular complexity index is 219. The molecule has 0 saturated carbocycles. The van der Waals surface area contributed by atoms with Gasteiger partial charge in [-0.15, -0.1) is 0 Å². The van der Waals surface area contributed by atoms with Gasteiger partial charge in [0.1, 0.15) is 0 Å². The summed E-state index contributed by atoms with van der Waals surface area (Å²) < 4.78 is 0. The van der Waals surface area contributed by atoms with Crippen LogP contribution in [0.2, 0.25) is 0 Å². The van der Waals surface area contributed by atoms with Crippen molar-refractivity contribution >= 4 is 5.91 Å². The van der Waals surface area contributed by atoms with Crippen molar-refractivity contribution in [2.75, 3.05) is 6.54 Å². The molecular formula is C15H32N2O. The molecule has 3 atom stereocenters. The van der Waals surface area contributed by atoms with E-state index in [1.165, 1.54) is 25.7 Å². The Morgan fingerprint density at radius 2 is 1.78 bits per heavy atom. The van der Waals surface area contributed by atoms with E-state index in [1.54, 1.807) is 0 Å². The summed E-state index contributed by atoms with van der Waals surface area (Å²) in [5.74, 6) is 0.818. The summed E-state index contributed by atoms with van der Waals surface area (Å²) >= 11 is 0. The molecule has 0 radical (unpaired) electrons. The molecule has 0 aromatic carbocycles. The number of carbonyl (C=O) groups is 1. The van der Waals surface area contributed by atoms with Crippen molar-refractivity contribution in [2.24, 2.45) is 5.92 Å². The second-order valence-corrected chi connectivity index (χ2v) is 5.36. The highest BCUT2D eigenvalue weighted by Crippen LogP contribution is 2.11. The highest BCUT2D eigenvalue weighted by atomic mass is 16.2. The van der Waals surface area contributed by atoms with Gasteiger partial charge in [0.15, 0.2) is 0 Å². The van der Waals surface area contributed by atoms with E-state index in [-0.39, 0.29) is 18.0 Å². The van der Waals surface area contributed by atoms with Crippen LogP contribution in [-0.4, -0.2) is 24.5 Å². The number of hydrogen-bond donors (Lipinski definition) is 2. The van der Waals surface area contributed by atoms with Gasteiger partial charge in [-0.25, -0.2) is 0 Å². The fourth-order valence-electron chi connectivity index (χ4n) is 1.85. The molecule has 0 aliphatic carbocycles. The molecule has 108 valence electrons. The van der Waals surface area contributed by atoms with Crippen molar-refractivity contribution in [3.63, 3.8) is 0 Å². The maximum atomic E-state index is 11.9. The number of unbranched alkanes of at least 4 members (excludes halogenated alkanes) is 1. The molecule has 3 heteroatoms. The molecular weight excluding hydrogens is 224 g/mol. The van der Waals surface area contributed by atoms with Crippen LogP contribution in [0, 0.1) is 5.92 Å². The SMILES string of the molecule is CCCCC(CC)CNC(C)C(=O)NC(C)CC. The third kappa shape index (κ3) is 7.70. The molecule has 3 nitrogen and oxygen atoms in total. The van der Waals surface area contributed by atoms with Crippen molar-refractivity contribution in [1.82, 2.24) is 10.6 Å². The zero-order valence-electron chi connectivity index (χ0n) is 12.9. The summed E-state index contributed by atoms with van der Waals surface area (Å²) in [5, 5.41) is 6.37. The van der Waals surface area contributed by atoms with Crippen LogP contribution in [-0.2, 0) is 4.79 Å². The highest BCUT2D eigenvalue weighted by molar-refractivity contribution is 5.81. The minimum Gasteiger partial charge on any atom is -0.352 e. The molecule has 0 aromatic heterocycles. The average molecular weight is 256 g/mol. The Kier molecular flexibility index (Phi) is 10.0. The van der Waals surface area contributed by atoms with E-state index < -0.39 is 0 Å². The summed E-state index contributed by atoms with van der Waals surface area (Å²) in [5.41, 5.74) is 0. The van der Waals surface area contributed by atoms with Gasteiger partial charge < -0.3 is 10.6 Å². The normalized spacial score (nSPS) is 16.1. The van der Waals surface area contributed by atoms with Gasteiger partial charge in [-0.05, 0) is 39.2 Å². The predicted octanol–water partition coefficient (Wildman–Crippen LogP) is 3.10. The van der Waals surface area contributed by atoms with Gasteiger partial charge in [0.05, 0.1) is 6.04 Å². The first-order chi connectivity index (χ1) is 8.54. The molecule has 0 fully saturated rings. The number of amides is 1. The lowest BCUT2D eigenvalue weighted by Crippen LogP contribution is -2.46. The molecule has 18 heavy (non-hydrogen) atoms. The topological polar surface area (TPSA) is 41.1 Å². The van der Waals surface area contributed by atoms with Crippen molar-refractivity contribution in [1.29, 1.82) is 0 Å². The van der Waals surface area contributed by atoms with Crippen LogP contribution in [0.1, 0.15) is 66.7 Å². The lowest BCUT2D eigenvalue weighted by molar-refractivity contribution is -0.123. The molecule has 0 aliphatic rings. The minimum atomic E-state index is -0.0883. The highest BCUT2D eigenvalue weighted by Gasteiger charge is 2.15. The number of carbonyl (C=O) groups excluding carboxylic acids is 1. The summed E-state index contributed by atoms with van der Waals surface area (Å²) in [7, 11) is 0. The summed E-state index contributed by atoms with van der Waals surface area (Å²) in [6.07, 6.45) is 5.97. The number of nitrogens with one attached hydrogen (secondary N) is 2. The summed E-state index contributed by atoms with van der Waals surface area (Å²) in [6.45, 7) is 11.5. The minimum absolute atomic E-state index is 0.0883. The molecule has 0 aliphatic heterocycles. The molecule has 0 rings (SSSR count). The van der Waals surface area contributed by atoms with E-state index in [4.69, 9.17) is 0 Å². The van der Waals surface area contributed by atoms with E-state index in [1.807, 2.05) is 13.8 Å². The lowest BCUT2D eigenvalue weighted by Gasteiger charge is -2.21. The molecule has 3 unspecified atom stereocenters. The molecule has 0 saturated heterocycles. The third-order valence-corrected chi connectivity index (χ3v) is 3.65. The first kappa shape index (κ1) is 17.4. The monoisotopic (exact) mass is 256 g/mol. The van der Waals surface area contributed by atoms with Crippen LogP contribution >= 0.6 is 0 Å². The zero-order chi connectivity index (χ0) is 14.0. The Hall–Kier alpha value is -0.570. The second-order valence-electron chi connectivity index (χ2n) is 5.36. The third-order valence-electron chi connectivity index (χ3n) is 3.65. The predicted molar refractivity (Wildman–Crippen MR) is 78.7 cm³/mol. The zero-order valence-corrected chi connectivity index (χ0v) is 12.9. The van der Waals surface area contributed by atoms with Crippen LogP contribution in [0.5, 0.6) is 0 Å². The van der Waals surface area contributed by atoms with E-state index in [0.717, 1.165) is 13.0 Å². The van der Waals surface area contributed by atoms with E-state index in [2.05, 4.69) is 31.4 Å². The molecule has 2 N–H and O–H groups in total. The van der Waals surface area contributed by atoms with E-state index >= 15 is 0 Å². The van der Waals surface area contributed by atoms with Gasteiger partial charge in [-0.1, -0.05) is 40.0 Å². The van der Waals surface area contributed by atoms with E-state index in [9.17, 15) is 4.79 Å². The molecule has 0 aromatic rings. The Morgan fingerprint density at radius 3 is 2.28 bits per heavy atom. The molecule has 1 amide bonds. The van der Waals surface area contributed by atoms with Gasteiger partial charge in [0.25, 0.3) is 0 Å². The molecule has 0 spiro atoms. The maximum Gasteiger partial charge on any atom is 0.237 e. The number of hydrogen-bond acceptors (Lipinski definition) is 2. The smallest absolute Gasteiger partial charge is 0.237 e. The average Bonchev–Trinajstić information content (AvgIpc) is 2.38. The van der Waals surface area contributed by atoms with Gasteiger partial charge in [0.2, 0.25) is 5.91 Å². The van der Waals surface area contributed by atoms with Crippen molar-refractivity contribution < 1.29 is 4.79 Å². The fraction of sp³-hybridized carbons (Fsp3) is 0.933. The Balaban J connectivity index is 3.91. The van der Waals surface area contributed by atoms with Crippen molar-refractivity contribution in [3.05, 3.63) is 0 Å². The van der Waals surface area contributed by atoms with Crippen LogP contribution in [0.3, 0.4) is 0 Å². The molecule has 0 bridgehead atoms. The summed E-state index contributed by atoms with van der Waals surface area (Å²) in [4.78, 5) is 11.9. The van der Waals surface area contributed by atoms with Gasteiger partial charge in [-0.3, -0.25) is 4.79 Å². The van der Waals surface area contributed by atoms with Crippen LogP contribution < -0.4 is 10.6 Å². The van der Waals surface area contributed by atoms with Gasteiger partial charge >= 0.3 is 0 Å². The Morgan fingerprint density at radius 1 is 1.11 bits per heavy atom. The quantitative estimate of drug-likeness (QED) is 0.630. The van der Waals surface area contributed by atoms with Crippen LogP contribution in [0.25, 0.3) is 0 Å². The van der Waals surface area contributed by atoms with Gasteiger partial charge in [0, 0.05) is 6.04 Å². The van der Waals surface area contributed by atoms with Crippen molar-refractivity contribution in [2.45, 2.75) is 78.8 Å². The van der Waals surface area contributed by atoms with Crippen LogP contribution in [0.15, 0.2) is 0 Å². The maximum absolute atomic E-state index is 11.9. The first-order valence-corrected chi connectivity index (χ1v) is 7.58. The van der Waals surface area contributed by atoms with Crippen LogP contribution in [0.4, 0.5) is 0 Å².